The zero-order valence-corrected chi connectivity index (χ0v) is 19.8. The number of amides is 1. The summed E-state index contributed by atoms with van der Waals surface area (Å²) in [5, 5.41) is 15.9. The van der Waals surface area contributed by atoms with Crippen molar-refractivity contribution in [1.29, 1.82) is 0 Å². The van der Waals surface area contributed by atoms with Crippen LogP contribution < -0.4 is 25.8 Å². The quantitative estimate of drug-likeness (QED) is 0.236. The van der Waals surface area contributed by atoms with Crippen LogP contribution in [0.25, 0.3) is 10.9 Å². The molecule has 0 bridgehead atoms. The number of rotatable bonds is 9. The predicted molar refractivity (Wildman–Crippen MR) is 136 cm³/mol. The number of carboxylic acid groups (broad SMARTS) is 1. The molecule has 184 valence electrons. The Morgan fingerprint density at radius 3 is 2.67 bits per heavy atom. The van der Waals surface area contributed by atoms with Crippen molar-refractivity contribution in [2.45, 2.75) is 25.0 Å². The first-order valence-electron chi connectivity index (χ1n) is 11.2. The van der Waals surface area contributed by atoms with Crippen LogP contribution in [-0.2, 0) is 6.61 Å². The highest BCUT2D eigenvalue weighted by atomic mass is 35.5. The van der Waals surface area contributed by atoms with E-state index in [1.165, 1.54) is 6.33 Å². The molecule has 5 N–H and O–H groups in total. The topological polar surface area (TPSA) is 145 Å². The first-order chi connectivity index (χ1) is 17.4. The molecule has 0 atom stereocenters. The van der Waals surface area contributed by atoms with Gasteiger partial charge in [0.15, 0.2) is 0 Å². The summed E-state index contributed by atoms with van der Waals surface area (Å²) in [6.45, 7) is 0.500. The molecular weight excluding hydrogens is 484 g/mol. The number of ether oxygens (including phenoxy) is 2. The summed E-state index contributed by atoms with van der Waals surface area (Å²) in [6.07, 6.45) is 3.52. The van der Waals surface area contributed by atoms with E-state index >= 15 is 0 Å². The summed E-state index contributed by atoms with van der Waals surface area (Å²) in [5.41, 5.74) is 8.20. The third kappa shape index (κ3) is 5.33. The summed E-state index contributed by atoms with van der Waals surface area (Å²) < 4.78 is 11.6. The molecule has 2 heterocycles. The van der Waals surface area contributed by atoms with Crippen LogP contribution in [0.1, 0.15) is 18.5 Å². The van der Waals surface area contributed by atoms with Gasteiger partial charge in [-0.2, -0.15) is 0 Å². The van der Waals surface area contributed by atoms with E-state index in [9.17, 15) is 4.79 Å². The molecular formula is C25H23ClN6O4. The molecule has 1 fully saturated rings. The molecule has 11 heteroatoms. The molecule has 0 aliphatic heterocycles. The molecule has 4 aromatic rings. The van der Waals surface area contributed by atoms with Crippen LogP contribution in [0.15, 0.2) is 61.1 Å². The number of nitrogens with two attached hydrogens (primary N) is 1. The van der Waals surface area contributed by atoms with Crippen LogP contribution in [0.3, 0.4) is 0 Å². The van der Waals surface area contributed by atoms with Gasteiger partial charge in [-0.3, -0.25) is 4.98 Å². The van der Waals surface area contributed by atoms with Crippen molar-refractivity contribution in [2.75, 3.05) is 17.7 Å². The van der Waals surface area contributed by atoms with E-state index < -0.39 is 11.6 Å². The summed E-state index contributed by atoms with van der Waals surface area (Å²) in [5.74, 6) is 1.52. The van der Waals surface area contributed by atoms with Gasteiger partial charge in [0.25, 0.3) is 0 Å². The molecule has 5 rings (SSSR count). The number of nitrogen functional groups attached to an aromatic ring is 1. The van der Waals surface area contributed by atoms with Gasteiger partial charge in [0.05, 0.1) is 27.5 Å². The molecule has 1 amide bonds. The Balaban J connectivity index is 1.30. The van der Waals surface area contributed by atoms with Gasteiger partial charge in [-0.1, -0.05) is 17.7 Å². The molecule has 0 spiro atoms. The van der Waals surface area contributed by atoms with E-state index in [0.29, 0.717) is 51.2 Å². The number of fused-ring (bicyclic) bond motifs is 1. The fourth-order valence-corrected chi connectivity index (χ4v) is 3.93. The predicted octanol–water partition coefficient (Wildman–Crippen LogP) is 4.76. The molecule has 1 saturated carbocycles. The molecule has 1 aliphatic rings. The Kier molecular flexibility index (Phi) is 6.34. The molecule has 10 nitrogen and oxygen atoms in total. The second-order valence-electron chi connectivity index (χ2n) is 8.51. The van der Waals surface area contributed by atoms with Crippen LogP contribution >= 0.6 is 11.6 Å². The molecule has 1 aliphatic carbocycles. The van der Waals surface area contributed by atoms with Gasteiger partial charge in [-0.05, 0) is 49.2 Å². The van der Waals surface area contributed by atoms with Gasteiger partial charge in [0.1, 0.15) is 36.9 Å². The number of anilines is 3. The Labute approximate surface area is 211 Å². The minimum absolute atomic E-state index is 0.193. The number of hydrogen-bond acceptors (Lipinski definition) is 8. The van der Waals surface area contributed by atoms with E-state index in [1.54, 1.807) is 30.5 Å². The number of pyridine rings is 1. The van der Waals surface area contributed by atoms with Gasteiger partial charge >= 0.3 is 6.09 Å². The lowest BCUT2D eigenvalue weighted by Gasteiger charge is -2.18. The lowest BCUT2D eigenvalue weighted by atomic mass is 10.2. The van der Waals surface area contributed by atoms with Crippen molar-refractivity contribution in [3.63, 3.8) is 0 Å². The average molecular weight is 507 g/mol. The van der Waals surface area contributed by atoms with Crippen molar-refractivity contribution < 1.29 is 19.4 Å². The van der Waals surface area contributed by atoms with Crippen LogP contribution in [0.4, 0.5) is 22.0 Å². The second-order valence-corrected chi connectivity index (χ2v) is 8.92. The monoisotopic (exact) mass is 506 g/mol. The van der Waals surface area contributed by atoms with Gasteiger partial charge in [-0.25, -0.2) is 14.8 Å². The van der Waals surface area contributed by atoms with Crippen LogP contribution in [-0.4, -0.2) is 38.3 Å². The zero-order valence-electron chi connectivity index (χ0n) is 19.1. The summed E-state index contributed by atoms with van der Waals surface area (Å²) in [6, 6.07) is 14.4. The standard InChI is InChI=1S/C25H23ClN6O4/c26-18-9-15(4-5-21(18)35-12-16-3-1-2-8-28-16)31-23-17-10-19(27)22(11-20(17)29-14-30-23)36-13-25(6-7-25)32-24(33)34/h1-5,8-11,14,32H,6-7,12-13,27H2,(H,33,34)(H,29,30,31). The largest absolute Gasteiger partial charge is 0.489 e. The zero-order chi connectivity index (χ0) is 25.1. The fourth-order valence-electron chi connectivity index (χ4n) is 3.69. The van der Waals surface area contributed by atoms with Crippen LogP contribution in [0.5, 0.6) is 11.5 Å². The van der Waals surface area contributed by atoms with E-state index in [1.807, 2.05) is 24.3 Å². The molecule has 2 aromatic heterocycles. The fraction of sp³-hybridized carbons (Fsp3) is 0.200. The third-order valence-electron chi connectivity index (χ3n) is 5.79. The molecule has 36 heavy (non-hydrogen) atoms. The highest BCUT2D eigenvalue weighted by Gasteiger charge is 2.45. The SMILES string of the molecule is Nc1cc2c(Nc3ccc(OCc4ccccn4)c(Cl)c3)ncnc2cc1OCC1(NC(=O)O)CC1. The molecule has 0 unspecified atom stereocenters. The lowest BCUT2D eigenvalue weighted by molar-refractivity contribution is 0.177. The van der Waals surface area contributed by atoms with Crippen molar-refractivity contribution in [2.24, 2.45) is 0 Å². The van der Waals surface area contributed by atoms with Gasteiger partial charge in [-0.15, -0.1) is 0 Å². The number of halogens is 1. The van der Waals surface area contributed by atoms with Crippen LogP contribution in [0.2, 0.25) is 5.02 Å². The molecule has 2 aromatic carbocycles. The van der Waals surface area contributed by atoms with E-state index in [-0.39, 0.29) is 6.61 Å². The first-order valence-corrected chi connectivity index (χ1v) is 11.6. The number of nitrogens with zero attached hydrogens (tertiary/aromatic N) is 3. The minimum atomic E-state index is -1.07. The maximum atomic E-state index is 11.0. The minimum Gasteiger partial charge on any atom is -0.489 e. The Hall–Kier alpha value is -4.31. The Morgan fingerprint density at radius 2 is 1.94 bits per heavy atom. The van der Waals surface area contributed by atoms with Gasteiger partial charge < -0.3 is 30.9 Å². The van der Waals surface area contributed by atoms with Crippen molar-refractivity contribution in [3.05, 3.63) is 71.8 Å². The van der Waals surface area contributed by atoms with E-state index in [0.717, 1.165) is 18.5 Å². The normalized spacial score (nSPS) is 13.7. The third-order valence-corrected chi connectivity index (χ3v) is 6.09. The second kappa shape index (κ2) is 9.74. The highest BCUT2D eigenvalue weighted by Crippen LogP contribution is 2.38. The van der Waals surface area contributed by atoms with Gasteiger partial charge in [0, 0.05) is 23.3 Å². The van der Waals surface area contributed by atoms with Crippen molar-refractivity contribution in [1.82, 2.24) is 20.3 Å². The Bertz CT molecular complexity index is 1410. The average Bonchev–Trinajstić information content (AvgIpc) is 3.62. The van der Waals surface area contributed by atoms with Crippen molar-refractivity contribution in [3.8, 4) is 11.5 Å². The maximum absolute atomic E-state index is 11.0. The lowest BCUT2D eigenvalue weighted by Crippen LogP contribution is -2.40. The molecule has 0 saturated heterocycles. The first kappa shape index (κ1) is 23.4. The Morgan fingerprint density at radius 1 is 1.08 bits per heavy atom. The number of benzene rings is 2. The smallest absolute Gasteiger partial charge is 0.405 e. The van der Waals surface area contributed by atoms with Crippen LogP contribution in [0, 0.1) is 0 Å². The number of aromatic nitrogens is 3. The number of nitrogens with one attached hydrogen (secondary N) is 2. The van der Waals surface area contributed by atoms with Crippen molar-refractivity contribution >= 4 is 45.8 Å². The molecule has 0 radical (unpaired) electrons. The van der Waals surface area contributed by atoms with E-state index in [2.05, 4.69) is 25.6 Å². The summed E-state index contributed by atoms with van der Waals surface area (Å²) in [7, 11) is 0. The summed E-state index contributed by atoms with van der Waals surface area (Å²) >= 11 is 6.44. The number of hydrogen-bond donors (Lipinski definition) is 4. The van der Waals surface area contributed by atoms with Gasteiger partial charge in [0.2, 0.25) is 0 Å². The maximum Gasteiger partial charge on any atom is 0.405 e. The number of carbonyl (C=O) groups is 1. The van der Waals surface area contributed by atoms with E-state index in [4.69, 9.17) is 31.9 Å². The summed E-state index contributed by atoms with van der Waals surface area (Å²) in [4.78, 5) is 23.9. The highest BCUT2D eigenvalue weighted by molar-refractivity contribution is 6.32.